The van der Waals surface area contributed by atoms with E-state index in [4.69, 9.17) is 4.74 Å². The van der Waals surface area contributed by atoms with E-state index in [2.05, 4.69) is 11.8 Å². The minimum absolute atomic E-state index is 0.0375. The molecular formula is C24H35NO2. The van der Waals surface area contributed by atoms with Crippen molar-refractivity contribution in [3.05, 3.63) is 22.8 Å². The van der Waals surface area contributed by atoms with E-state index < -0.39 is 0 Å². The first-order chi connectivity index (χ1) is 13.1. The summed E-state index contributed by atoms with van der Waals surface area (Å²) in [6.07, 6.45) is 13.7. The minimum atomic E-state index is -0.0375. The summed E-state index contributed by atoms with van der Waals surface area (Å²) >= 11 is 0. The Morgan fingerprint density at radius 3 is 2.52 bits per heavy atom. The number of hydrogen-bond donors (Lipinski definition) is 1. The van der Waals surface area contributed by atoms with Gasteiger partial charge in [-0.2, -0.15) is 0 Å². The van der Waals surface area contributed by atoms with Crippen LogP contribution in [-0.4, -0.2) is 35.2 Å². The van der Waals surface area contributed by atoms with Crippen molar-refractivity contribution >= 4 is 0 Å². The summed E-state index contributed by atoms with van der Waals surface area (Å²) in [6.45, 7) is 6.13. The van der Waals surface area contributed by atoms with E-state index in [0.29, 0.717) is 17.6 Å². The second-order valence-electron chi connectivity index (χ2n) is 9.82. The van der Waals surface area contributed by atoms with E-state index in [1.54, 1.807) is 0 Å². The average Bonchev–Trinajstić information content (AvgIpc) is 2.70. The topological polar surface area (TPSA) is 32.7 Å². The van der Waals surface area contributed by atoms with E-state index in [-0.39, 0.29) is 5.60 Å². The van der Waals surface area contributed by atoms with E-state index in [0.717, 1.165) is 19.3 Å². The third kappa shape index (κ3) is 3.26. The van der Waals surface area contributed by atoms with Crippen LogP contribution in [0.25, 0.3) is 0 Å². The van der Waals surface area contributed by atoms with E-state index >= 15 is 0 Å². The quantitative estimate of drug-likeness (QED) is 0.761. The van der Waals surface area contributed by atoms with Gasteiger partial charge in [-0.25, -0.2) is 0 Å². The number of aryl methyl sites for hydroxylation is 1. The van der Waals surface area contributed by atoms with Gasteiger partial charge in [0.15, 0.2) is 0 Å². The van der Waals surface area contributed by atoms with Crippen molar-refractivity contribution in [3.8, 4) is 11.5 Å². The van der Waals surface area contributed by atoms with Crippen molar-refractivity contribution in [1.82, 2.24) is 4.90 Å². The van der Waals surface area contributed by atoms with Crippen LogP contribution in [0.4, 0.5) is 0 Å². The second-order valence-corrected chi connectivity index (χ2v) is 9.82. The van der Waals surface area contributed by atoms with Crippen LogP contribution in [0.15, 0.2) is 6.07 Å². The molecule has 0 amide bonds. The van der Waals surface area contributed by atoms with Gasteiger partial charge in [0, 0.05) is 11.1 Å². The van der Waals surface area contributed by atoms with Crippen LogP contribution in [0.1, 0.15) is 99.7 Å². The molecule has 3 heteroatoms. The molecule has 2 aliphatic heterocycles. The number of ether oxygens (including phenoxy) is 1. The number of hydrogen-bond acceptors (Lipinski definition) is 3. The average molecular weight is 370 g/mol. The van der Waals surface area contributed by atoms with Gasteiger partial charge < -0.3 is 14.7 Å². The number of aromatic hydroxyl groups is 1. The van der Waals surface area contributed by atoms with Crippen molar-refractivity contribution in [1.29, 1.82) is 0 Å². The summed E-state index contributed by atoms with van der Waals surface area (Å²) in [5, 5.41) is 10.7. The first kappa shape index (κ1) is 17.8. The van der Waals surface area contributed by atoms with Crippen molar-refractivity contribution in [3.63, 3.8) is 0 Å². The first-order valence-electron chi connectivity index (χ1n) is 11.4. The molecule has 0 spiro atoms. The van der Waals surface area contributed by atoms with Gasteiger partial charge in [-0.05, 0) is 114 Å². The molecule has 1 saturated heterocycles. The molecule has 27 heavy (non-hydrogen) atoms. The molecule has 3 nitrogen and oxygen atoms in total. The number of piperidine rings is 1. The zero-order valence-corrected chi connectivity index (χ0v) is 16.9. The maximum atomic E-state index is 10.7. The van der Waals surface area contributed by atoms with Gasteiger partial charge >= 0.3 is 0 Å². The number of benzene rings is 1. The standard InChI is InChI=1S/C24H35NO2/c1-24(11-5-15-25-13-3-2-4-14-25)12-10-19-16-20(26)21-17-6-8-18(9-7-17)22(21)23(19)27-24/h16-18,26H,2-15H2,1H3. The normalized spacial score (nSPS) is 32.6. The monoisotopic (exact) mass is 369 g/mol. The number of nitrogens with zero attached hydrogens (tertiary/aromatic N) is 1. The van der Waals surface area contributed by atoms with Gasteiger partial charge in [0.2, 0.25) is 0 Å². The SMILES string of the molecule is CC1(CCCN2CCCCC2)CCc2cc(O)c3c(c2O1)C1CCC3CC1. The van der Waals surface area contributed by atoms with Crippen LogP contribution in [0, 0.1) is 0 Å². The first-order valence-corrected chi connectivity index (χ1v) is 11.4. The molecule has 3 aliphatic carbocycles. The maximum absolute atomic E-state index is 10.7. The molecule has 1 unspecified atom stereocenters. The zero-order chi connectivity index (χ0) is 18.4. The summed E-state index contributed by atoms with van der Waals surface area (Å²) in [6, 6.07) is 2.03. The maximum Gasteiger partial charge on any atom is 0.127 e. The van der Waals surface area contributed by atoms with Crippen molar-refractivity contribution in [2.45, 2.75) is 95.0 Å². The Labute approximate surface area is 164 Å². The molecule has 2 fully saturated rings. The minimum Gasteiger partial charge on any atom is -0.508 e. The molecular weight excluding hydrogens is 334 g/mol. The molecule has 0 radical (unpaired) electrons. The molecule has 1 N–H and O–H groups in total. The van der Waals surface area contributed by atoms with Crippen LogP contribution in [0.5, 0.6) is 11.5 Å². The Bertz CT molecular complexity index is 701. The second kappa shape index (κ2) is 6.99. The highest BCUT2D eigenvalue weighted by atomic mass is 16.5. The number of rotatable bonds is 4. The highest BCUT2D eigenvalue weighted by Gasteiger charge is 2.41. The van der Waals surface area contributed by atoms with Crippen LogP contribution >= 0.6 is 0 Å². The van der Waals surface area contributed by atoms with Crippen LogP contribution in [0.3, 0.4) is 0 Å². The fourth-order valence-electron chi connectivity index (χ4n) is 6.29. The molecule has 1 atom stereocenters. The lowest BCUT2D eigenvalue weighted by Crippen LogP contribution is -2.39. The summed E-state index contributed by atoms with van der Waals surface area (Å²) in [5.74, 6) is 2.90. The molecule has 0 aromatic heterocycles. The van der Waals surface area contributed by atoms with Crippen molar-refractivity contribution in [2.75, 3.05) is 19.6 Å². The van der Waals surface area contributed by atoms with Crippen molar-refractivity contribution in [2.24, 2.45) is 0 Å². The third-order valence-corrected chi connectivity index (χ3v) is 7.86. The lowest BCUT2D eigenvalue weighted by molar-refractivity contribution is 0.0473. The van der Waals surface area contributed by atoms with Crippen molar-refractivity contribution < 1.29 is 9.84 Å². The molecule has 1 aromatic rings. The third-order valence-electron chi connectivity index (χ3n) is 7.86. The summed E-state index contributed by atoms with van der Waals surface area (Å²) in [7, 11) is 0. The Kier molecular flexibility index (Phi) is 4.62. The van der Waals surface area contributed by atoms with Gasteiger partial charge in [0.25, 0.3) is 0 Å². The summed E-state index contributed by atoms with van der Waals surface area (Å²) in [4.78, 5) is 2.64. The van der Waals surface area contributed by atoms with Gasteiger partial charge in [-0.3, -0.25) is 0 Å². The molecule has 6 rings (SSSR count). The Morgan fingerprint density at radius 2 is 1.78 bits per heavy atom. The fourth-order valence-corrected chi connectivity index (χ4v) is 6.29. The van der Waals surface area contributed by atoms with E-state index in [1.165, 1.54) is 93.4 Å². The van der Waals surface area contributed by atoms with E-state index in [9.17, 15) is 5.11 Å². The highest BCUT2D eigenvalue weighted by molar-refractivity contribution is 5.59. The van der Waals surface area contributed by atoms with Crippen LogP contribution in [-0.2, 0) is 6.42 Å². The fraction of sp³-hybridized carbons (Fsp3) is 0.750. The smallest absolute Gasteiger partial charge is 0.127 e. The molecule has 5 aliphatic rings. The summed E-state index contributed by atoms with van der Waals surface area (Å²) < 4.78 is 6.79. The number of phenolic OH excluding ortho intramolecular Hbond substituents is 1. The molecule has 2 bridgehead atoms. The van der Waals surface area contributed by atoms with Gasteiger partial charge in [-0.15, -0.1) is 0 Å². The van der Waals surface area contributed by atoms with Gasteiger partial charge in [-0.1, -0.05) is 6.42 Å². The molecule has 148 valence electrons. The highest BCUT2D eigenvalue weighted by Crippen LogP contribution is 2.57. The predicted octanol–water partition coefficient (Wildman–Crippen LogP) is 5.50. The lowest BCUT2D eigenvalue weighted by atomic mass is 9.65. The molecule has 1 saturated carbocycles. The largest absolute Gasteiger partial charge is 0.508 e. The van der Waals surface area contributed by atoms with Crippen LogP contribution < -0.4 is 4.74 Å². The summed E-state index contributed by atoms with van der Waals surface area (Å²) in [5.41, 5.74) is 3.86. The predicted molar refractivity (Wildman–Crippen MR) is 109 cm³/mol. The Hall–Kier alpha value is -1.22. The molecule has 2 heterocycles. The number of likely N-dealkylation sites (tertiary alicyclic amines) is 1. The number of fused-ring (bicyclic) bond motifs is 3. The Morgan fingerprint density at radius 1 is 1.07 bits per heavy atom. The van der Waals surface area contributed by atoms with E-state index in [1.807, 2.05) is 6.07 Å². The van der Waals surface area contributed by atoms with Gasteiger partial charge in [0.05, 0.1) is 0 Å². The van der Waals surface area contributed by atoms with Gasteiger partial charge in [0.1, 0.15) is 17.1 Å². The number of phenols is 1. The lowest BCUT2D eigenvalue weighted by Gasteiger charge is -2.44. The zero-order valence-electron chi connectivity index (χ0n) is 16.9. The molecule has 1 aromatic carbocycles. The van der Waals surface area contributed by atoms with Crippen LogP contribution in [0.2, 0.25) is 0 Å². The Balaban J connectivity index is 1.33.